The Labute approximate surface area is 161 Å². The topological polar surface area (TPSA) is 81.2 Å². The minimum absolute atomic E-state index is 0.0204. The predicted octanol–water partition coefficient (Wildman–Crippen LogP) is 3.22. The number of nitrogens with one attached hydrogen (secondary N) is 1. The third-order valence-corrected chi connectivity index (χ3v) is 5.46. The standard InChI is InChI=1S/C19H17F2N3O3S/c1-12-22-9-15(10-23-12)13-4-6-18(27-2)19(7-13)28(25,26)24-11-14-3-5-16(20)8-17(14)21/h3-10,24H,11H2,1-2H3. The second-order valence-electron chi connectivity index (χ2n) is 5.94. The van der Waals surface area contributed by atoms with Gasteiger partial charge in [-0.15, -0.1) is 0 Å². The molecule has 3 aromatic rings. The van der Waals surface area contributed by atoms with E-state index in [4.69, 9.17) is 4.74 Å². The number of rotatable bonds is 6. The number of aromatic nitrogens is 2. The van der Waals surface area contributed by atoms with Gasteiger partial charge in [-0.3, -0.25) is 0 Å². The van der Waals surface area contributed by atoms with Crippen LogP contribution in [0.2, 0.25) is 0 Å². The molecule has 0 aliphatic rings. The zero-order valence-electron chi connectivity index (χ0n) is 15.1. The molecule has 1 N–H and O–H groups in total. The summed E-state index contributed by atoms with van der Waals surface area (Å²) in [5, 5.41) is 0. The Kier molecular flexibility index (Phi) is 5.66. The molecule has 146 valence electrons. The zero-order valence-corrected chi connectivity index (χ0v) is 15.9. The summed E-state index contributed by atoms with van der Waals surface area (Å²) in [4.78, 5) is 8.09. The van der Waals surface area contributed by atoms with E-state index >= 15 is 0 Å². The molecule has 2 aromatic carbocycles. The van der Waals surface area contributed by atoms with Gasteiger partial charge in [0.1, 0.15) is 28.1 Å². The van der Waals surface area contributed by atoms with E-state index in [1.54, 1.807) is 25.4 Å². The average Bonchev–Trinajstić information content (AvgIpc) is 2.67. The lowest BCUT2D eigenvalue weighted by Crippen LogP contribution is -2.24. The van der Waals surface area contributed by atoms with E-state index in [9.17, 15) is 17.2 Å². The third kappa shape index (κ3) is 4.32. The molecular formula is C19H17F2N3O3S. The second-order valence-corrected chi connectivity index (χ2v) is 7.68. The lowest BCUT2D eigenvalue weighted by atomic mass is 10.1. The van der Waals surface area contributed by atoms with Gasteiger partial charge in [-0.2, -0.15) is 0 Å². The van der Waals surface area contributed by atoms with Gasteiger partial charge in [0, 0.05) is 36.1 Å². The third-order valence-electron chi connectivity index (χ3n) is 4.04. The number of sulfonamides is 1. The first-order chi connectivity index (χ1) is 13.3. The molecule has 0 amide bonds. The van der Waals surface area contributed by atoms with Crippen LogP contribution < -0.4 is 9.46 Å². The summed E-state index contributed by atoms with van der Waals surface area (Å²) in [5.41, 5.74) is 1.23. The Hall–Kier alpha value is -2.91. The van der Waals surface area contributed by atoms with Crippen molar-refractivity contribution in [3.63, 3.8) is 0 Å². The van der Waals surface area contributed by atoms with Crippen molar-refractivity contribution in [2.24, 2.45) is 0 Å². The summed E-state index contributed by atoms with van der Waals surface area (Å²) in [6, 6.07) is 7.57. The lowest BCUT2D eigenvalue weighted by Gasteiger charge is -2.13. The van der Waals surface area contributed by atoms with E-state index < -0.39 is 21.7 Å². The molecule has 0 aliphatic heterocycles. The van der Waals surface area contributed by atoms with Crippen molar-refractivity contribution in [1.29, 1.82) is 0 Å². The predicted molar refractivity (Wildman–Crippen MR) is 99.1 cm³/mol. The normalized spacial score (nSPS) is 11.4. The molecule has 0 atom stereocenters. The maximum Gasteiger partial charge on any atom is 0.244 e. The molecule has 0 unspecified atom stereocenters. The Balaban J connectivity index is 1.93. The van der Waals surface area contributed by atoms with E-state index in [1.807, 2.05) is 0 Å². The molecule has 1 aromatic heterocycles. The Morgan fingerprint density at radius 1 is 1.04 bits per heavy atom. The first kappa shape index (κ1) is 19.8. The van der Waals surface area contributed by atoms with Crippen LogP contribution in [0.1, 0.15) is 11.4 Å². The number of benzene rings is 2. The van der Waals surface area contributed by atoms with Gasteiger partial charge in [0.2, 0.25) is 10.0 Å². The summed E-state index contributed by atoms with van der Waals surface area (Å²) in [5.74, 6) is -0.851. The summed E-state index contributed by atoms with van der Waals surface area (Å²) in [6.07, 6.45) is 3.17. The van der Waals surface area contributed by atoms with Crippen LogP contribution in [0, 0.1) is 18.6 Å². The first-order valence-corrected chi connectivity index (χ1v) is 9.69. The molecule has 6 nitrogen and oxygen atoms in total. The minimum atomic E-state index is -4.04. The van der Waals surface area contributed by atoms with Crippen molar-refractivity contribution >= 4 is 10.0 Å². The molecule has 0 saturated carbocycles. The largest absolute Gasteiger partial charge is 0.495 e. The van der Waals surface area contributed by atoms with Gasteiger partial charge >= 0.3 is 0 Å². The summed E-state index contributed by atoms with van der Waals surface area (Å²) in [6.45, 7) is 1.40. The van der Waals surface area contributed by atoms with Gasteiger partial charge in [-0.1, -0.05) is 12.1 Å². The number of methoxy groups -OCH3 is 1. The quantitative estimate of drug-likeness (QED) is 0.681. The monoisotopic (exact) mass is 405 g/mol. The van der Waals surface area contributed by atoms with Crippen molar-refractivity contribution in [2.75, 3.05) is 7.11 Å². The van der Waals surface area contributed by atoms with E-state index in [1.165, 1.54) is 25.3 Å². The molecule has 3 rings (SSSR count). The van der Waals surface area contributed by atoms with Crippen LogP contribution in [0.15, 0.2) is 53.7 Å². The highest BCUT2D eigenvalue weighted by Crippen LogP contribution is 2.29. The number of hydrogen-bond acceptors (Lipinski definition) is 5. The van der Waals surface area contributed by atoms with Crippen LogP contribution in [0.5, 0.6) is 5.75 Å². The fraction of sp³-hybridized carbons (Fsp3) is 0.158. The minimum Gasteiger partial charge on any atom is -0.495 e. The number of halogens is 2. The van der Waals surface area contributed by atoms with Gasteiger partial charge in [0.15, 0.2) is 0 Å². The molecule has 0 bridgehead atoms. The molecule has 0 fully saturated rings. The molecule has 1 heterocycles. The van der Waals surface area contributed by atoms with Crippen molar-refractivity contribution < 1.29 is 21.9 Å². The van der Waals surface area contributed by atoms with Crippen LogP contribution in [0.4, 0.5) is 8.78 Å². The van der Waals surface area contributed by atoms with Crippen molar-refractivity contribution in [3.8, 4) is 16.9 Å². The zero-order chi connectivity index (χ0) is 20.3. The lowest BCUT2D eigenvalue weighted by molar-refractivity contribution is 0.402. The SMILES string of the molecule is COc1ccc(-c2cnc(C)nc2)cc1S(=O)(=O)NCc1ccc(F)cc1F. The van der Waals surface area contributed by atoms with Gasteiger partial charge in [-0.05, 0) is 30.7 Å². The van der Waals surface area contributed by atoms with Crippen molar-refractivity contribution in [2.45, 2.75) is 18.4 Å². The number of ether oxygens (including phenoxy) is 1. The smallest absolute Gasteiger partial charge is 0.244 e. The fourth-order valence-corrected chi connectivity index (χ4v) is 3.72. The maximum atomic E-state index is 13.8. The highest BCUT2D eigenvalue weighted by molar-refractivity contribution is 7.89. The van der Waals surface area contributed by atoms with Crippen LogP contribution >= 0.6 is 0 Å². The maximum absolute atomic E-state index is 13.8. The molecule has 0 saturated heterocycles. The number of nitrogens with zero attached hydrogens (tertiary/aromatic N) is 2. The molecule has 28 heavy (non-hydrogen) atoms. The second kappa shape index (κ2) is 7.99. The Morgan fingerprint density at radius 3 is 2.39 bits per heavy atom. The van der Waals surface area contributed by atoms with Gasteiger partial charge in [-0.25, -0.2) is 31.9 Å². The summed E-state index contributed by atoms with van der Waals surface area (Å²) in [7, 11) is -2.69. The van der Waals surface area contributed by atoms with Crippen molar-refractivity contribution in [1.82, 2.24) is 14.7 Å². The van der Waals surface area contributed by atoms with E-state index in [0.717, 1.165) is 6.07 Å². The van der Waals surface area contributed by atoms with Crippen molar-refractivity contribution in [3.05, 3.63) is 71.8 Å². The number of hydrogen-bond donors (Lipinski definition) is 1. The Bertz CT molecular complexity index is 1100. The fourth-order valence-electron chi connectivity index (χ4n) is 2.52. The Morgan fingerprint density at radius 2 is 1.75 bits per heavy atom. The van der Waals surface area contributed by atoms with E-state index in [0.29, 0.717) is 23.0 Å². The average molecular weight is 405 g/mol. The van der Waals surface area contributed by atoms with Crippen LogP contribution in [0.3, 0.4) is 0 Å². The van der Waals surface area contributed by atoms with E-state index in [2.05, 4.69) is 14.7 Å². The number of aryl methyl sites for hydroxylation is 1. The highest BCUT2D eigenvalue weighted by atomic mass is 32.2. The van der Waals surface area contributed by atoms with Crippen LogP contribution in [-0.4, -0.2) is 25.5 Å². The van der Waals surface area contributed by atoms with Gasteiger partial charge < -0.3 is 4.74 Å². The molecule has 0 radical (unpaired) electrons. The first-order valence-electron chi connectivity index (χ1n) is 8.21. The molecular weight excluding hydrogens is 388 g/mol. The van der Waals surface area contributed by atoms with Crippen LogP contribution in [-0.2, 0) is 16.6 Å². The van der Waals surface area contributed by atoms with E-state index in [-0.39, 0.29) is 22.8 Å². The van der Waals surface area contributed by atoms with Gasteiger partial charge in [0.05, 0.1) is 7.11 Å². The molecule has 0 spiro atoms. The summed E-state index contributed by atoms with van der Waals surface area (Å²) < 4.78 is 59.8. The molecule has 0 aliphatic carbocycles. The van der Waals surface area contributed by atoms with Gasteiger partial charge in [0.25, 0.3) is 0 Å². The highest BCUT2D eigenvalue weighted by Gasteiger charge is 2.21. The summed E-state index contributed by atoms with van der Waals surface area (Å²) >= 11 is 0. The van der Waals surface area contributed by atoms with Crippen LogP contribution in [0.25, 0.3) is 11.1 Å². The molecule has 9 heteroatoms.